The van der Waals surface area contributed by atoms with E-state index in [1.165, 1.54) is 0 Å². The van der Waals surface area contributed by atoms with E-state index in [4.69, 9.17) is 10.00 Å². The molecule has 17 heavy (non-hydrogen) atoms. The first-order valence-corrected chi connectivity index (χ1v) is 6.22. The summed E-state index contributed by atoms with van der Waals surface area (Å²) in [7, 11) is -3.88. The van der Waals surface area contributed by atoms with Crippen molar-refractivity contribution in [2.24, 2.45) is 0 Å². The van der Waals surface area contributed by atoms with Gasteiger partial charge in [-0.2, -0.15) is 8.78 Å². The minimum atomic E-state index is -4.10. The highest BCUT2D eigenvalue weighted by Crippen LogP contribution is 2.41. The lowest BCUT2D eigenvalue weighted by Gasteiger charge is -2.17. The third-order valence-corrected chi connectivity index (χ3v) is 2.92. The molecular formula is C8H7BrF3O4P. The van der Waals surface area contributed by atoms with Crippen LogP contribution in [-0.4, -0.2) is 10.00 Å². The predicted molar refractivity (Wildman–Crippen MR) is 56.2 cm³/mol. The zero-order chi connectivity index (χ0) is 13.2. The smallest absolute Gasteiger partial charge is 0.391 e. The first kappa shape index (κ1) is 14.7. The highest BCUT2D eigenvalue weighted by molar-refractivity contribution is 9.10. The van der Waals surface area contributed by atoms with E-state index < -0.39 is 32.4 Å². The summed E-state index contributed by atoms with van der Waals surface area (Å²) in [6, 6.07) is 1.37. The summed E-state index contributed by atoms with van der Waals surface area (Å²) in [5.41, 5.74) is -1.12. The molecule has 9 heteroatoms. The average Bonchev–Trinajstić information content (AvgIpc) is 2.18. The normalized spacial score (nSPS) is 13.8. The largest absolute Gasteiger partial charge is 0.392 e. The number of aliphatic hydroxyl groups is 1. The lowest BCUT2D eigenvalue weighted by molar-refractivity contribution is -0.186. The molecule has 0 aromatic heterocycles. The predicted octanol–water partition coefficient (Wildman–Crippen LogP) is 2.53. The number of hydrogen-bond acceptors (Lipinski definition) is 3. The molecule has 0 spiro atoms. The van der Waals surface area contributed by atoms with Gasteiger partial charge >= 0.3 is 14.4 Å². The van der Waals surface area contributed by atoms with Crippen molar-refractivity contribution in [1.29, 1.82) is 0 Å². The van der Waals surface area contributed by atoms with Gasteiger partial charge in [-0.1, -0.05) is 15.9 Å². The van der Waals surface area contributed by atoms with E-state index in [2.05, 4.69) is 20.5 Å². The summed E-state index contributed by atoms with van der Waals surface area (Å²) in [5.74, 6) is -1.06. The fraction of sp³-hybridized carbons (Fsp3) is 0.250. The number of rotatable bonds is 4. The maximum atomic E-state index is 13.3. The fourth-order valence-electron chi connectivity index (χ4n) is 1.10. The van der Waals surface area contributed by atoms with Crippen molar-refractivity contribution in [2.75, 3.05) is 0 Å². The van der Waals surface area contributed by atoms with Gasteiger partial charge in [-0.05, 0) is 12.1 Å². The third-order valence-electron chi connectivity index (χ3n) is 1.84. The Bertz CT molecular complexity index is 455. The Balaban J connectivity index is 3.22. The van der Waals surface area contributed by atoms with Crippen molar-refractivity contribution in [3.63, 3.8) is 0 Å². The zero-order valence-corrected chi connectivity index (χ0v) is 10.7. The van der Waals surface area contributed by atoms with Crippen LogP contribution in [0.15, 0.2) is 16.6 Å². The molecule has 1 aromatic carbocycles. The topological polar surface area (TPSA) is 66.8 Å². The van der Waals surface area contributed by atoms with Gasteiger partial charge in [0.15, 0.2) is 0 Å². The van der Waals surface area contributed by atoms with Gasteiger partial charge in [-0.25, -0.2) is 8.91 Å². The van der Waals surface area contributed by atoms with Crippen LogP contribution in [0.2, 0.25) is 0 Å². The van der Waals surface area contributed by atoms with Crippen LogP contribution in [-0.2, 0) is 21.8 Å². The molecule has 0 aliphatic carbocycles. The molecule has 0 heterocycles. The lowest BCUT2D eigenvalue weighted by atomic mass is 10.1. The Morgan fingerprint density at radius 3 is 2.53 bits per heavy atom. The molecule has 0 bridgehead atoms. The molecule has 1 rings (SSSR count). The number of hydrogen-bond donors (Lipinski definition) is 2. The minimum Gasteiger partial charge on any atom is -0.392 e. The van der Waals surface area contributed by atoms with Crippen LogP contribution in [0.25, 0.3) is 0 Å². The van der Waals surface area contributed by atoms with Crippen LogP contribution in [0, 0.1) is 5.82 Å². The Kier molecular flexibility index (Phi) is 4.74. The zero-order valence-electron chi connectivity index (χ0n) is 8.08. The molecule has 0 saturated carbocycles. The maximum Gasteiger partial charge on any atom is 0.391 e. The summed E-state index contributed by atoms with van der Waals surface area (Å²) in [6.07, 6.45) is -4.10. The summed E-state index contributed by atoms with van der Waals surface area (Å²) < 4.78 is 53.3. The molecule has 0 amide bonds. The molecule has 4 nitrogen and oxygen atoms in total. The van der Waals surface area contributed by atoms with Gasteiger partial charge in [0.05, 0.1) is 12.2 Å². The second-order valence-corrected chi connectivity index (χ2v) is 4.56. The van der Waals surface area contributed by atoms with Crippen molar-refractivity contribution < 1.29 is 32.3 Å². The SMILES string of the molecule is O=[PH](O)OC(F)(F)c1cc(F)c(CO)cc1Br. The van der Waals surface area contributed by atoms with Crippen LogP contribution in [0.3, 0.4) is 0 Å². The Labute approximate surface area is 103 Å². The van der Waals surface area contributed by atoms with Crippen molar-refractivity contribution in [3.8, 4) is 0 Å². The summed E-state index contributed by atoms with van der Waals surface area (Å²) in [6.45, 7) is -0.659. The van der Waals surface area contributed by atoms with Crippen LogP contribution in [0.5, 0.6) is 0 Å². The molecule has 2 N–H and O–H groups in total. The molecule has 1 atom stereocenters. The van der Waals surface area contributed by atoms with Gasteiger partial charge in [-0.3, -0.25) is 4.57 Å². The quantitative estimate of drug-likeness (QED) is 0.830. The van der Waals surface area contributed by atoms with Crippen LogP contribution < -0.4 is 0 Å². The minimum absolute atomic E-state index is 0.187. The lowest BCUT2D eigenvalue weighted by Crippen LogP contribution is -2.16. The van der Waals surface area contributed by atoms with E-state index in [0.717, 1.165) is 6.07 Å². The third kappa shape index (κ3) is 3.53. The second kappa shape index (κ2) is 5.49. The number of alkyl halides is 2. The molecular weight excluding hydrogens is 328 g/mol. The van der Waals surface area contributed by atoms with Crippen LogP contribution in [0.4, 0.5) is 13.2 Å². The van der Waals surface area contributed by atoms with Gasteiger partial charge in [0.25, 0.3) is 0 Å². The maximum absolute atomic E-state index is 13.3. The first-order chi connectivity index (χ1) is 7.77. The van der Waals surface area contributed by atoms with Crippen LogP contribution >= 0.6 is 24.2 Å². The van der Waals surface area contributed by atoms with Crippen molar-refractivity contribution in [3.05, 3.63) is 33.5 Å². The van der Waals surface area contributed by atoms with Gasteiger partial charge < -0.3 is 10.00 Å². The van der Waals surface area contributed by atoms with E-state index in [0.29, 0.717) is 6.07 Å². The Hall–Kier alpha value is -0.400. The van der Waals surface area contributed by atoms with Gasteiger partial charge in [0, 0.05) is 10.0 Å². The average molecular weight is 335 g/mol. The van der Waals surface area contributed by atoms with E-state index in [-0.39, 0.29) is 10.0 Å². The van der Waals surface area contributed by atoms with E-state index in [9.17, 15) is 17.7 Å². The highest BCUT2D eigenvalue weighted by Gasteiger charge is 2.37. The summed E-state index contributed by atoms with van der Waals surface area (Å²) in [4.78, 5) is 8.31. The van der Waals surface area contributed by atoms with Crippen molar-refractivity contribution in [1.82, 2.24) is 0 Å². The first-order valence-electron chi connectivity index (χ1n) is 4.17. The van der Waals surface area contributed by atoms with E-state index in [1.807, 2.05) is 0 Å². The molecule has 0 aliphatic rings. The van der Waals surface area contributed by atoms with Crippen LogP contribution in [0.1, 0.15) is 11.1 Å². The number of aliphatic hydroxyl groups excluding tert-OH is 1. The number of halogens is 4. The molecule has 1 aromatic rings. The van der Waals surface area contributed by atoms with Gasteiger partial charge in [0.1, 0.15) is 5.82 Å². The van der Waals surface area contributed by atoms with E-state index in [1.54, 1.807) is 0 Å². The van der Waals surface area contributed by atoms with E-state index >= 15 is 0 Å². The van der Waals surface area contributed by atoms with Gasteiger partial charge in [-0.15, -0.1) is 0 Å². The van der Waals surface area contributed by atoms with Crippen molar-refractivity contribution >= 4 is 24.2 Å². The molecule has 96 valence electrons. The number of benzene rings is 1. The summed E-state index contributed by atoms with van der Waals surface area (Å²) in [5, 5.41) is 8.72. The molecule has 0 radical (unpaired) electrons. The monoisotopic (exact) mass is 334 g/mol. The second-order valence-electron chi connectivity index (χ2n) is 2.97. The Morgan fingerprint density at radius 1 is 1.47 bits per heavy atom. The molecule has 0 saturated heterocycles. The molecule has 1 unspecified atom stereocenters. The molecule has 0 aliphatic heterocycles. The summed E-state index contributed by atoms with van der Waals surface area (Å²) >= 11 is 2.74. The highest BCUT2D eigenvalue weighted by atomic mass is 79.9. The molecule has 0 fully saturated rings. The standard InChI is InChI=1S/C8H7BrF3O4P/c9-6-1-4(3-13)7(10)2-5(6)8(11,12)16-17(14)15/h1-2,13,17H,3H2,(H,14,15). The Morgan fingerprint density at radius 2 is 2.06 bits per heavy atom. The fourth-order valence-corrected chi connectivity index (χ4v) is 2.05. The van der Waals surface area contributed by atoms with Gasteiger partial charge in [0.2, 0.25) is 0 Å². The van der Waals surface area contributed by atoms with Crippen molar-refractivity contribution in [2.45, 2.75) is 12.7 Å².